The number of nitrogens with zero attached hydrogens (tertiary/aromatic N) is 6. The minimum Gasteiger partial charge on any atom is -0.350 e. The molecular formula is C26H34FN9O. The number of carbonyl (C=O) groups is 1. The zero-order valence-corrected chi connectivity index (χ0v) is 20.9. The lowest BCUT2D eigenvalue weighted by molar-refractivity contribution is -0.123. The van der Waals surface area contributed by atoms with Crippen molar-refractivity contribution in [1.82, 2.24) is 35.0 Å². The van der Waals surface area contributed by atoms with Crippen molar-refractivity contribution in [2.75, 3.05) is 36.4 Å². The molecule has 2 saturated carbocycles. The van der Waals surface area contributed by atoms with E-state index in [1.165, 1.54) is 25.7 Å². The van der Waals surface area contributed by atoms with Crippen LogP contribution in [0, 0.1) is 5.92 Å². The van der Waals surface area contributed by atoms with Gasteiger partial charge < -0.3 is 20.4 Å². The maximum atomic E-state index is 14.7. The van der Waals surface area contributed by atoms with E-state index in [1.807, 2.05) is 24.4 Å². The van der Waals surface area contributed by atoms with E-state index < -0.39 is 12.2 Å². The van der Waals surface area contributed by atoms with Crippen LogP contribution in [0.25, 0.3) is 5.52 Å². The molecule has 0 spiro atoms. The van der Waals surface area contributed by atoms with E-state index in [1.54, 1.807) is 9.42 Å². The van der Waals surface area contributed by atoms with E-state index in [4.69, 9.17) is 4.98 Å². The smallest absolute Gasteiger partial charge is 0.246 e. The van der Waals surface area contributed by atoms with Crippen molar-refractivity contribution in [2.24, 2.45) is 5.92 Å². The third kappa shape index (κ3) is 4.88. The predicted octanol–water partition coefficient (Wildman–Crippen LogP) is 2.98. The van der Waals surface area contributed by atoms with Crippen LogP contribution >= 0.6 is 0 Å². The Bertz CT molecular complexity index is 1280. The number of rotatable bonds is 8. The van der Waals surface area contributed by atoms with Crippen LogP contribution in [0.2, 0.25) is 0 Å². The Kier molecular flexibility index (Phi) is 5.75. The van der Waals surface area contributed by atoms with Crippen molar-refractivity contribution in [3.8, 4) is 0 Å². The maximum absolute atomic E-state index is 14.7. The van der Waals surface area contributed by atoms with Crippen molar-refractivity contribution in [1.29, 1.82) is 0 Å². The summed E-state index contributed by atoms with van der Waals surface area (Å²) in [4.78, 5) is 22.4. The van der Waals surface area contributed by atoms with Gasteiger partial charge in [0, 0.05) is 49.4 Å². The van der Waals surface area contributed by atoms with Crippen LogP contribution in [0.3, 0.4) is 0 Å². The Hall–Kier alpha value is -3.21. The molecule has 3 aromatic rings. The molecule has 3 atom stereocenters. The highest BCUT2D eigenvalue weighted by Crippen LogP contribution is 2.40. The maximum Gasteiger partial charge on any atom is 0.246 e. The molecule has 0 bridgehead atoms. The molecule has 196 valence electrons. The molecule has 4 fully saturated rings. The van der Waals surface area contributed by atoms with Crippen LogP contribution < -0.4 is 15.5 Å². The van der Waals surface area contributed by atoms with Gasteiger partial charge in [-0.3, -0.25) is 9.89 Å². The highest BCUT2D eigenvalue weighted by Gasteiger charge is 2.40. The summed E-state index contributed by atoms with van der Waals surface area (Å²) in [6.45, 7) is 3.20. The molecule has 4 aliphatic rings. The van der Waals surface area contributed by atoms with Gasteiger partial charge in [-0.15, -0.1) is 5.10 Å². The number of piperidine rings is 1. The number of anilines is 3. The molecule has 2 aliphatic heterocycles. The molecule has 3 aromatic heterocycles. The van der Waals surface area contributed by atoms with Crippen molar-refractivity contribution in [3.05, 3.63) is 30.1 Å². The predicted molar refractivity (Wildman–Crippen MR) is 138 cm³/mol. The lowest BCUT2D eigenvalue weighted by Crippen LogP contribution is -2.53. The second kappa shape index (κ2) is 9.27. The number of fused-ring (bicyclic) bond motifs is 1. The standard InChI is InChI=1S/C26H34FN9O/c27-18-11-22(25(37)28-19-3-1-9-34(15-19)13-16-5-6-16)35(14-18)26-30-24(21-4-2-10-36(21)33-26)29-23-12-20(31-32-23)17-7-8-17/h2,4,10,12,16-19,22H,1,3,5-9,11,13-15H2,(H,28,37)(H2,29,30,31,32,33)/t18-,19-,22+/m1/s1. The third-order valence-corrected chi connectivity index (χ3v) is 8.12. The summed E-state index contributed by atoms with van der Waals surface area (Å²) in [5.41, 5.74) is 1.91. The van der Waals surface area contributed by atoms with E-state index >= 15 is 0 Å². The molecule has 2 saturated heterocycles. The van der Waals surface area contributed by atoms with Crippen molar-refractivity contribution in [3.63, 3.8) is 0 Å². The van der Waals surface area contributed by atoms with Crippen molar-refractivity contribution >= 4 is 29.0 Å². The van der Waals surface area contributed by atoms with E-state index in [0.29, 0.717) is 23.5 Å². The molecule has 7 rings (SSSR count). The minimum atomic E-state index is -1.11. The zero-order chi connectivity index (χ0) is 24.9. The molecule has 0 radical (unpaired) electrons. The molecular weight excluding hydrogens is 473 g/mol. The summed E-state index contributed by atoms with van der Waals surface area (Å²) in [6, 6.07) is 5.29. The van der Waals surface area contributed by atoms with Gasteiger partial charge in [0.1, 0.15) is 17.7 Å². The van der Waals surface area contributed by atoms with Gasteiger partial charge in [-0.2, -0.15) is 10.1 Å². The minimum absolute atomic E-state index is 0.0943. The molecule has 5 heterocycles. The van der Waals surface area contributed by atoms with Gasteiger partial charge in [0.2, 0.25) is 11.9 Å². The van der Waals surface area contributed by atoms with E-state index in [0.717, 1.165) is 49.6 Å². The first kappa shape index (κ1) is 22.9. The van der Waals surface area contributed by atoms with E-state index in [-0.39, 0.29) is 24.9 Å². The average molecular weight is 508 g/mol. The highest BCUT2D eigenvalue weighted by molar-refractivity contribution is 5.86. The first-order valence-electron chi connectivity index (χ1n) is 13.7. The van der Waals surface area contributed by atoms with Crippen molar-refractivity contribution in [2.45, 2.75) is 69.1 Å². The number of hydrogen-bond acceptors (Lipinski definition) is 7. The molecule has 0 unspecified atom stereocenters. The molecule has 11 heteroatoms. The Morgan fingerprint density at radius 1 is 1.19 bits per heavy atom. The fraction of sp³-hybridized carbons (Fsp3) is 0.615. The second-order valence-electron chi connectivity index (χ2n) is 11.3. The van der Waals surface area contributed by atoms with E-state index in [2.05, 4.69) is 30.8 Å². The SMILES string of the molecule is O=C(N[C@@H]1CCCN(CC2CC2)C1)[C@@H]1C[C@@H](F)CN1c1nc(Nc2cc(C3CC3)[nH]n2)c2cccn2n1. The summed E-state index contributed by atoms with van der Waals surface area (Å²) in [5, 5.41) is 18.7. The number of likely N-dealkylation sites (tertiary alicyclic amines) is 1. The lowest BCUT2D eigenvalue weighted by atomic mass is 10.0. The van der Waals surface area contributed by atoms with Crippen molar-refractivity contribution < 1.29 is 9.18 Å². The van der Waals surface area contributed by atoms with Crippen LogP contribution in [0.4, 0.5) is 22.0 Å². The lowest BCUT2D eigenvalue weighted by Gasteiger charge is -2.34. The summed E-state index contributed by atoms with van der Waals surface area (Å²) in [6.07, 6.45) is 7.93. The fourth-order valence-corrected chi connectivity index (χ4v) is 5.82. The quantitative estimate of drug-likeness (QED) is 0.430. The topological polar surface area (TPSA) is 106 Å². The molecule has 10 nitrogen and oxygen atoms in total. The molecule has 37 heavy (non-hydrogen) atoms. The number of halogens is 1. The molecule has 3 N–H and O–H groups in total. The number of H-pyrrole nitrogens is 1. The van der Waals surface area contributed by atoms with Crippen LogP contribution in [0.1, 0.15) is 56.6 Å². The summed E-state index contributed by atoms with van der Waals surface area (Å²) < 4.78 is 16.4. The Morgan fingerprint density at radius 2 is 2.08 bits per heavy atom. The van der Waals surface area contributed by atoms with Crippen LogP contribution in [-0.4, -0.2) is 80.0 Å². The monoisotopic (exact) mass is 507 g/mol. The van der Waals surface area contributed by atoms with E-state index in [9.17, 15) is 9.18 Å². The Balaban J connectivity index is 1.10. The fourth-order valence-electron chi connectivity index (χ4n) is 5.82. The number of aromatic amines is 1. The normalized spacial score (nSPS) is 26.6. The number of aromatic nitrogens is 5. The summed E-state index contributed by atoms with van der Waals surface area (Å²) >= 11 is 0. The number of nitrogens with one attached hydrogen (secondary N) is 3. The van der Waals surface area contributed by atoms with Gasteiger partial charge in [-0.1, -0.05) is 0 Å². The zero-order valence-electron chi connectivity index (χ0n) is 20.9. The Morgan fingerprint density at radius 3 is 2.92 bits per heavy atom. The summed E-state index contributed by atoms with van der Waals surface area (Å²) in [7, 11) is 0. The van der Waals surface area contributed by atoms with Gasteiger partial charge in [-0.05, 0) is 63.1 Å². The number of alkyl halides is 1. The first-order valence-corrected chi connectivity index (χ1v) is 13.7. The summed E-state index contributed by atoms with van der Waals surface area (Å²) in [5.74, 6) is 2.86. The molecule has 2 aliphatic carbocycles. The van der Waals surface area contributed by atoms with Gasteiger partial charge >= 0.3 is 0 Å². The average Bonchev–Trinajstić information content (AvgIpc) is 3.75. The number of carbonyl (C=O) groups excluding carboxylic acids is 1. The Labute approximate surface area is 215 Å². The van der Waals surface area contributed by atoms with Gasteiger partial charge in [0.05, 0.1) is 6.54 Å². The largest absolute Gasteiger partial charge is 0.350 e. The highest BCUT2D eigenvalue weighted by atomic mass is 19.1. The van der Waals surface area contributed by atoms with Crippen LogP contribution in [0.15, 0.2) is 24.4 Å². The third-order valence-electron chi connectivity index (χ3n) is 8.12. The van der Waals surface area contributed by atoms with Crippen LogP contribution in [0.5, 0.6) is 0 Å². The first-order chi connectivity index (χ1) is 18.1. The van der Waals surface area contributed by atoms with Gasteiger partial charge in [-0.25, -0.2) is 8.91 Å². The van der Waals surface area contributed by atoms with Gasteiger partial charge in [0.25, 0.3) is 0 Å². The molecule has 0 aromatic carbocycles. The van der Waals surface area contributed by atoms with Crippen LogP contribution in [-0.2, 0) is 4.79 Å². The molecule has 1 amide bonds. The number of hydrogen-bond donors (Lipinski definition) is 3. The van der Waals surface area contributed by atoms with Gasteiger partial charge in [0.15, 0.2) is 11.6 Å². The number of amides is 1. The second-order valence-corrected chi connectivity index (χ2v) is 11.3.